The number of hydrogen-bond acceptors (Lipinski definition) is 3. The third-order valence-corrected chi connectivity index (χ3v) is 5.36. The van der Waals surface area contributed by atoms with E-state index in [0.29, 0.717) is 10.7 Å². The van der Waals surface area contributed by atoms with E-state index < -0.39 is 21.8 Å². The van der Waals surface area contributed by atoms with Gasteiger partial charge in [0, 0.05) is 18.0 Å². The van der Waals surface area contributed by atoms with Gasteiger partial charge in [-0.05, 0) is 55.0 Å². The monoisotopic (exact) mass is 371 g/mol. The minimum atomic E-state index is -3.95. The lowest BCUT2D eigenvalue weighted by atomic mass is 10.3. The lowest BCUT2D eigenvalue weighted by molar-refractivity contribution is -0.137. The Morgan fingerprint density at radius 2 is 1.67 bits per heavy atom. The maximum atomic E-state index is 13.0. The molecule has 128 valence electrons. The van der Waals surface area contributed by atoms with Gasteiger partial charge in [0.2, 0.25) is 0 Å². The van der Waals surface area contributed by atoms with E-state index >= 15 is 0 Å². The zero-order chi connectivity index (χ0) is 17.7. The summed E-state index contributed by atoms with van der Waals surface area (Å²) in [4.78, 5) is 10.6. The number of benzene rings is 2. The number of carboxylic acids is 1. The molecule has 0 aliphatic rings. The summed E-state index contributed by atoms with van der Waals surface area (Å²) in [6, 6.07) is 10.6. The Bertz CT molecular complexity index is 807. The largest absolute Gasteiger partial charge is 0.481 e. The number of sulfonamides is 1. The summed E-state index contributed by atoms with van der Waals surface area (Å²) < 4.78 is 39.8. The van der Waals surface area contributed by atoms with Crippen molar-refractivity contribution in [3.05, 3.63) is 59.4 Å². The molecule has 0 heterocycles. The molecule has 0 aliphatic carbocycles. The van der Waals surface area contributed by atoms with Gasteiger partial charge in [0.25, 0.3) is 10.0 Å². The number of carboxylic acid groups (broad SMARTS) is 1. The van der Waals surface area contributed by atoms with Crippen molar-refractivity contribution in [1.29, 1.82) is 0 Å². The standard InChI is InChI=1S/C16H15ClFNO4S/c17-12-3-7-14(8-4-12)19(11-1-2-16(20)21)24(22,23)15-9-5-13(18)6-10-15/h3-10H,1-2,11H2,(H,20,21). The van der Waals surface area contributed by atoms with Crippen molar-refractivity contribution in [2.75, 3.05) is 10.8 Å². The smallest absolute Gasteiger partial charge is 0.303 e. The van der Waals surface area contributed by atoms with Gasteiger partial charge in [-0.15, -0.1) is 0 Å². The highest BCUT2D eigenvalue weighted by Gasteiger charge is 2.25. The minimum Gasteiger partial charge on any atom is -0.481 e. The maximum Gasteiger partial charge on any atom is 0.303 e. The highest BCUT2D eigenvalue weighted by atomic mass is 35.5. The molecule has 0 bridgehead atoms. The van der Waals surface area contributed by atoms with Crippen LogP contribution >= 0.6 is 11.6 Å². The van der Waals surface area contributed by atoms with Crippen LogP contribution in [0.25, 0.3) is 0 Å². The number of anilines is 1. The quantitative estimate of drug-likeness (QED) is 0.807. The summed E-state index contributed by atoms with van der Waals surface area (Å²) in [5.74, 6) is -1.55. The Kier molecular flexibility index (Phi) is 5.80. The summed E-state index contributed by atoms with van der Waals surface area (Å²) in [6.45, 7) is -0.0202. The molecular weight excluding hydrogens is 357 g/mol. The summed E-state index contributed by atoms with van der Waals surface area (Å²) in [5, 5.41) is 9.20. The van der Waals surface area contributed by atoms with E-state index in [1.165, 1.54) is 24.3 Å². The van der Waals surface area contributed by atoms with Gasteiger partial charge in [0.15, 0.2) is 0 Å². The van der Waals surface area contributed by atoms with Crippen molar-refractivity contribution in [3.63, 3.8) is 0 Å². The Morgan fingerprint density at radius 3 is 2.21 bits per heavy atom. The molecule has 2 aromatic carbocycles. The van der Waals surface area contributed by atoms with Crippen molar-refractivity contribution in [1.82, 2.24) is 0 Å². The zero-order valence-corrected chi connectivity index (χ0v) is 14.1. The highest BCUT2D eigenvalue weighted by Crippen LogP contribution is 2.25. The molecule has 0 fully saturated rings. The van der Waals surface area contributed by atoms with Crippen molar-refractivity contribution in [2.24, 2.45) is 0 Å². The van der Waals surface area contributed by atoms with Crippen LogP contribution in [0.3, 0.4) is 0 Å². The first-order chi connectivity index (χ1) is 11.3. The fourth-order valence-corrected chi connectivity index (χ4v) is 3.73. The van der Waals surface area contributed by atoms with Crippen LogP contribution in [0.4, 0.5) is 10.1 Å². The van der Waals surface area contributed by atoms with E-state index in [1.54, 1.807) is 12.1 Å². The van der Waals surface area contributed by atoms with E-state index in [1.807, 2.05) is 0 Å². The second-order valence-corrected chi connectivity index (χ2v) is 7.30. The molecule has 2 rings (SSSR count). The lowest BCUT2D eigenvalue weighted by Gasteiger charge is -2.24. The van der Waals surface area contributed by atoms with Gasteiger partial charge in [-0.1, -0.05) is 11.6 Å². The van der Waals surface area contributed by atoms with E-state index in [0.717, 1.165) is 16.4 Å². The second kappa shape index (κ2) is 7.63. The third kappa shape index (κ3) is 4.46. The molecule has 0 aromatic heterocycles. The molecule has 0 aliphatic heterocycles. The molecule has 0 saturated heterocycles. The van der Waals surface area contributed by atoms with Crippen molar-refractivity contribution in [2.45, 2.75) is 17.7 Å². The minimum absolute atomic E-state index is 0.0202. The normalized spacial score (nSPS) is 11.2. The second-order valence-electron chi connectivity index (χ2n) is 5.00. The number of halogens is 2. The average Bonchev–Trinajstić information content (AvgIpc) is 2.53. The maximum absolute atomic E-state index is 13.0. The number of aliphatic carboxylic acids is 1. The van der Waals surface area contributed by atoms with E-state index in [-0.39, 0.29) is 24.3 Å². The topological polar surface area (TPSA) is 74.7 Å². The molecule has 0 unspecified atom stereocenters. The Morgan fingerprint density at radius 1 is 1.08 bits per heavy atom. The van der Waals surface area contributed by atoms with Crippen LogP contribution in [0.15, 0.2) is 53.4 Å². The molecule has 0 atom stereocenters. The zero-order valence-electron chi connectivity index (χ0n) is 12.5. The fraction of sp³-hybridized carbons (Fsp3) is 0.188. The molecular formula is C16H15ClFNO4S. The third-order valence-electron chi connectivity index (χ3n) is 3.27. The van der Waals surface area contributed by atoms with Crippen molar-refractivity contribution in [3.8, 4) is 0 Å². The van der Waals surface area contributed by atoms with E-state index in [9.17, 15) is 17.6 Å². The van der Waals surface area contributed by atoms with Gasteiger partial charge < -0.3 is 5.11 Å². The molecule has 0 spiro atoms. The van der Waals surface area contributed by atoms with Gasteiger partial charge in [0.1, 0.15) is 5.82 Å². The first kappa shape index (κ1) is 18.2. The number of nitrogens with zero attached hydrogens (tertiary/aromatic N) is 1. The Balaban J connectivity index is 2.38. The molecule has 5 nitrogen and oxygen atoms in total. The molecule has 0 saturated carbocycles. The molecule has 0 radical (unpaired) electrons. The summed E-state index contributed by atoms with van der Waals surface area (Å²) in [5.41, 5.74) is 0.356. The van der Waals surface area contributed by atoms with Gasteiger partial charge in [-0.2, -0.15) is 0 Å². The SMILES string of the molecule is O=C(O)CCCN(c1ccc(Cl)cc1)S(=O)(=O)c1ccc(F)cc1. The molecule has 2 aromatic rings. The van der Waals surface area contributed by atoms with E-state index in [4.69, 9.17) is 16.7 Å². The predicted octanol–water partition coefficient (Wildman–Crippen LogP) is 3.54. The van der Waals surface area contributed by atoms with Crippen LogP contribution in [0.1, 0.15) is 12.8 Å². The first-order valence-electron chi connectivity index (χ1n) is 7.06. The summed E-state index contributed by atoms with van der Waals surface area (Å²) >= 11 is 5.82. The predicted molar refractivity (Wildman–Crippen MR) is 89.3 cm³/mol. The summed E-state index contributed by atoms with van der Waals surface area (Å²) in [7, 11) is -3.95. The molecule has 1 N–H and O–H groups in total. The van der Waals surface area contributed by atoms with Crippen LogP contribution in [-0.2, 0) is 14.8 Å². The van der Waals surface area contributed by atoms with E-state index in [2.05, 4.69) is 0 Å². The number of rotatable bonds is 7. The van der Waals surface area contributed by atoms with Crippen LogP contribution in [0, 0.1) is 5.82 Å². The Hall–Kier alpha value is -2.12. The average molecular weight is 372 g/mol. The van der Waals surface area contributed by atoms with Gasteiger partial charge in [-0.3, -0.25) is 9.10 Å². The van der Waals surface area contributed by atoms with Crippen LogP contribution in [-0.4, -0.2) is 26.0 Å². The first-order valence-corrected chi connectivity index (χ1v) is 8.88. The number of carbonyl (C=O) groups is 1. The number of hydrogen-bond donors (Lipinski definition) is 1. The Labute approximate surface area is 144 Å². The summed E-state index contributed by atoms with van der Waals surface area (Å²) in [6.07, 6.45) is -0.0264. The lowest BCUT2D eigenvalue weighted by Crippen LogP contribution is -2.32. The van der Waals surface area contributed by atoms with Crippen LogP contribution in [0.5, 0.6) is 0 Å². The van der Waals surface area contributed by atoms with Crippen molar-refractivity contribution >= 4 is 33.3 Å². The van der Waals surface area contributed by atoms with Gasteiger partial charge >= 0.3 is 5.97 Å². The highest BCUT2D eigenvalue weighted by molar-refractivity contribution is 7.92. The van der Waals surface area contributed by atoms with Gasteiger partial charge in [-0.25, -0.2) is 12.8 Å². The molecule has 0 amide bonds. The fourth-order valence-electron chi connectivity index (χ4n) is 2.10. The van der Waals surface area contributed by atoms with Crippen LogP contribution < -0.4 is 4.31 Å². The van der Waals surface area contributed by atoms with Crippen LogP contribution in [0.2, 0.25) is 5.02 Å². The molecule has 8 heteroatoms. The van der Waals surface area contributed by atoms with Gasteiger partial charge in [0.05, 0.1) is 10.6 Å². The molecule has 24 heavy (non-hydrogen) atoms. The van der Waals surface area contributed by atoms with Crippen molar-refractivity contribution < 1.29 is 22.7 Å².